The largest absolute Gasteiger partial charge is 0.341 e. The molecule has 1 fully saturated rings. The lowest BCUT2D eigenvalue weighted by atomic mass is 9.93. The van der Waals surface area contributed by atoms with E-state index in [1.54, 1.807) is 18.2 Å². The van der Waals surface area contributed by atoms with Gasteiger partial charge in [0, 0.05) is 33.0 Å². The van der Waals surface area contributed by atoms with E-state index in [1.807, 2.05) is 36.1 Å². The van der Waals surface area contributed by atoms with E-state index in [-0.39, 0.29) is 11.9 Å². The van der Waals surface area contributed by atoms with Gasteiger partial charge in [-0.05, 0) is 62.2 Å². The van der Waals surface area contributed by atoms with Gasteiger partial charge in [-0.15, -0.1) is 0 Å². The molecule has 1 aliphatic rings. The molecule has 0 saturated heterocycles. The lowest BCUT2D eigenvalue weighted by Gasteiger charge is -2.34. The number of nitrogens with zero attached hydrogens (tertiary/aromatic N) is 2. The van der Waals surface area contributed by atoms with Crippen molar-refractivity contribution in [2.45, 2.75) is 45.1 Å². The van der Waals surface area contributed by atoms with Crippen molar-refractivity contribution in [2.75, 3.05) is 4.90 Å². The summed E-state index contributed by atoms with van der Waals surface area (Å²) in [5.74, 6) is 0.437. The van der Waals surface area contributed by atoms with Gasteiger partial charge in [-0.25, -0.2) is 4.98 Å². The number of hydrogen-bond acceptors (Lipinski definition) is 2. The van der Waals surface area contributed by atoms with E-state index in [0.29, 0.717) is 37.8 Å². The molecule has 1 saturated carbocycles. The summed E-state index contributed by atoms with van der Waals surface area (Å²) < 4.78 is 0. The number of aromatic amines is 1. The zero-order valence-electron chi connectivity index (χ0n) is 16.6. The monoisotopic (exact) mass is 461 g/mol. The molecular formula is C23H22Cl3N3O. The van der Waals surface area contributed by atoms with Crippen LogP contribution in [0.5, 0.6) is 0 Å². The Labute approximate surface area is 191 Å². The molecule has 1 aromatic heterocycles. The first-order valence-corrected chi connectivity index (χ1v) is 11.2. The van der Waals surface area contributed by atoms with E-state index in [4.69, 9.17) is 34.8 Å². The van der Waals surface area contributed by atoms with Crippen LogP contribution in [0.3, 0.4) is 0 Å². The maximum Gasteiger partial charge on any atom is 0.279 e. The number of H-pyrrole nitrogens is 1. The first kappa shape index (κ1) is 21.2. The summed E-state index contributed by atoms with van der Waals surface area (Å²) in [6.45, 7) is 1.86. The van der Waals surface area contributed by atoms with Gasteiger partial charge in [0.05, 0.1) is 5.02 Å². The fourth-order valence-corrected chi connectivity index (χ4v) is 4.65. The number of aryl methyl sites for hydroxylation is 1. The Balaban J connectivity index is 1.72. The Morgan fingerprint density at radius 1 is 1.00 bits per heavy atom. The molecule has 1 aliphatic carbocycles. The van der Waals surface area contributed by atoms with Crippen molar-refractivity contribution in [2.24, 2.45) is 0 Å². The summed E-state index contributed by atoms with van der Waals surface area (Å²) in [6.07, 6.45) is 5.40. The lowest BCUT2D eigenvalue weighted by Crippen LogP contribution is -2.42. The van der Waals surface area contributed by atoms with Gasteiger partial charge in [-0.2, -0.15) is 0 Å². The molecule has 2 aromatic carbocycles. The summed E-state index contributed by atoms with van der Waals surface area (Å²) >= 11 is 18.4. The molecule has 4 rings (SSSR count). The van der Waals surface area contributed by atoms with E-state index in [0.717, 1.165) is 31.4 Å². The zero-order chi connectivity index (χ0) is 21.3. The number of hydrogen-bond donors (Lipinski definition) is 1. The van der Waals surface area contributed by atoms with Crippen molar-refractivity contribution >= 4 is 46.4 Å². The van der Waals surface area contributed by atoms with Crippen LogP contribution >= 0.6 is 34.8 Å². The van der Waals surface area contributed by atoms with Crippen molar-refractivity contribution in [3.8, 4) is 11.4 Å². The number of imidazole rings is 1. The minimum Gasteiger partial charge on any atom is -0.341 e. The predicted molar refractivity (Wildman–Crippen MR) is 124 cm³/mol. The Morgan fingerprint density at radius 2 is 1.67 bits per heavy atom. The number of nitrogens with one attached hydrogen (secondary N) is 1. The second-order valence-electron chi connectivity index (χ2n) is 7.63. The van der Waals surface area contributed by atoms with Crippen molar-refractivity contribution in [3.05, 3.63) is 68.9 Å². The number of halogens is 3. The molecule has 1 N–H and O–H groups in total. The molecule has 1 heterocycles. The molecule has 156 valence electrons. The quantitative estimate of drug-likeness (QED) is 0.441. The van der Waals surface area contributed by atoms with Crippen LogP contribution in [0.15, 0.2) is 42.5 Å². The van der Waals surface area contributed by atoms with Gasteiger partial charge in [-0.3, -0.25) is 4.79 Å². The number of benzene rings is 2. The van der Waals surface area contributed by atoms with Crippen LogP contribution in [0, 0.1) is 6.92 Å². The van der Waals surface area contributed by atoms with E-state index in [9.17, 15) is 4.79 Å². The van der Waals surface area contributed by atoms with Gasteiger partial charge in [0.15, 0.2) is 0 Å². The van der Waals surface area contributed by atoms with Crippen molar-refractivity contribution < 1.29 is 4.79 Å². The van der Waals surface area contributed by atoms with Crippen LogP contribution in [0.1, 0.15) is 48.3 Å². The Hall–Kier alpha value is -2.01. The highest BCUT2D eigenvalue weighted by molar-refractivity contribution is 6.36. The van der Waals surface area contributed by atoms with E-state index >= 15 is 0 Å². The van der Waals surface area contributed by atoms with Gasteiger partial charge in [0.2, 0.25) is 0 Å². The van der Waals surface area contributed by atoms with Gasteiger partial charge in [-0.1, -0.05) is 54.1 Å². The third-order valence-corrected chi connectivity index (χ3v) is 6.34. The Morgan fingerprint density at radius 3 is 2.33 bits per heavy atom. The topological polar surface area (TPSA) is 49.0 Å². The molecule has 0 spiro atoms. The maximum absolute atomic E-state index is 13.7. The fourth-order valence-electron chi connectivity index (χ4n) is 4.03. The Kier molecular flexibility index (Phi) is 6.37. The number of anilines is 1. The summed E-state index contributed by atoms with van der Waals surface area (Å²) in [7, 11) is 0. The third-order valence-electron chi connectivity index (χ3n) is 5.54. The summed E-state index contributed by atoms with van der Waals surface area (Å²) in [5.41, 5.74) is 2.65. The average Bonchev–Trinajstić information content (AvgIpc) is 3.11. The number of rotatable bonds is 4. The maximum atomic E-state index is 13.7. The van der Waals surface area contributed by atoms with Crippen LogP contribution in [0.2, 0.25) is 15.1 Å². The first-order chi connectivity index (χ1) is 14.4. The molecule has 0 unspecified atom stereocenters. The van der Waals surface area contributed by atoms with Crippen LogP contribution in [-0.2, 0) is 0 Å². The highest BCUT2D eigenvalue weighted by atomic mass is 35.5. The fraction of sp³-hybridized carbons (Fsp3) is 0.304. The zero-order valence-corrected chi connectivity index (χ0v) is 18.9. The van der Waals surface area contributed by atoms with Crippen LogP contribution in [-0.4, -0.2) is 21.9 Å². The Bertz CT molecular complexity index is 1060. The van der Waals surface area contributed by atoms with E-state index in [1.165, 1.54) is 6.42 Å². The highest BCUT2D eigenvalue weighted by Gasteiger charge is 2.30. The molecule has 0 atom stereocenters. The van der Waals surface area contributed by atoms with Gasteiger partial charge in [0.25, 0.3) is 5.91 Å². The first-order valence-electron chi connectivity index (χ1n) is 10.0. The van der Waals surface area contributed by atoms with E-state index < -0.39 is 0 Å². The van der Waals surface area contributed by atoms with Crippen LogP contribution in [0.4, 0.5) is 5.69 Å². The van der Waals surface area contributed by atoms with Gasteiger partial charge in [0.1, 0.15) is 11.5 Å². The molecule has 4 nitrogen and oxygen atoms in total. The predicted octanol–water partition coefficient (Wildman–Crippen LogP) is 7.32. The number of aromatic nitrogens is 2. The number of amides is 1. The summed E-state index contributed by atoms with van der Waals surface area (Å²) in [6, 6.07) is 12.8. The van der Waals surface area contributed by atoms with Gasteiger partial charge < -0.3 is 9.88 Å². The van der Waals surface area contributed by atoms with Crippen molar-refractivity contribution in [1.82, 2.24) is 9.97 Å². The summed E-state index contributed by atoms with van der Waals surface area (Å²) in [5, 5.41) is 1.68. The van der Waals surface area contributed by atoms with E-state index in [2.05, 4.69) is 9.97 Å². The summed E-state index contributed by atoms with van der Waals surface area (Å²) in [4.78, 5) is 23.4. The molecule has 0 aliphatic heterocycles. The smallest absolute Gasteiger partial charge is 0.279 e. The molecule has 3 aromatic rings. The molecular weight excluding hydrogens is 441 g/mol. The standard InChI is InChI=1S/C23H22Cl3N3O/c1-14-21(28-22(27-14)19-12-9-16(25)13-20(19)26)23(30)29(17-5-3-2-4-6-17)18-10-7-15(24)8-11-18/h7-13,17H,2-6H2,1H3,(H,27,28). The molecule has 7 heteroatoms. The van der Waals surface area contributed by atoms with Crippen LogP contribution < -0.4 is 4.90 Å². The molecule has 1 amide bonds. The molecule has 0 bridgehead atoms. The molecule has 30 heavy (non-hydrogen) atoms. The second-order valence-corrected chi connectivity index (χ2v) is 8.91. The minimum atomic E-state index is -0.116. The number of carbonyl (C=O) groups is 1. The average molecular weight is 463 g/mol. The highest BCUT2D eigenvalue weighted by Crippen LogP contribution is 2.32. The second kappa shape index (κ2) is 9.01. The SMILES string of the molecule is Cc1[nH]c(-c2ccc(Cl)cc2Cl)nc1C(=O)N(c1ccc(Cl)cc1)C1CCCCC1. The number of carbonyl (C=O) groups excluding carboxylic acids is 1. The molecule has 0 radical (unpaired) electrons. The lowest BCUT2D eigenvalue weighted by molar-refractivity contribution is 0.0965. The van der Waals surface area contributed by atoms with Crippen LogP contribution in [0.25, 0.3) is 11.4 Å². The van der Waals surface area contributed by atoms with Gasteiger partial charge >= 0.3 is 0 Å². The third kappa shape index (κ3) is 4.36. The minimum absolute atomic E-state index is 0.116. The van der Waals surface area contributed by atoms with Crippen molar-refractivity contribution in [3.63, 3.8) is 0 Å². The normalized spacial score (nSPS) is 14.7. The van der Waals surface area contributed by atoms with Crippen molar-refractivity contribution in [1.29, 1.82) is 0 Å².